The average molecular weight is 451 g/mol. The molecule has 0 bridgehead atoms. The summed E-state index contributed by atoms with van der Waals surface area (Å²) in [6.45, 7) is 16.0. The molecule has 0 N–H and O–H groups in total. The Hall–Kier alpha value is -1.49. The number of rotatable bonds is 5. The second-order valence-electron chi connectivity index (χ2n) is 9.32. The van der Waals surface area contributed by atoms with E-state index >= 15 is 0 Å². The summed E-state index contributed by atoms with van der Waals surface area (Å²) in [6, 6.07) is 22.7. The molecule has 0 saturated carbocycles. The Kier molecular flexibility index (Phi) is 10.1. The maximum atomic E-state index is 2.53. The normalized spacial score (nSPS) is 11.8. The van der Waals surface area contributed by atoms with E-state index in [9.17, 15) is 0 Å². The van der Waals surface area contributed by atoms with Gasteiger partial charge in [0.05, 0.1) is 0 Å². The Morgan fingerprint density at radius 1 is 0.781 bits per heavy atom. The third-order valence-corrected chi connectivity index (χ3v) is 7.37. The molecule has 4 rings (SSSR count). The van der Waals surface area contributed by atoms with Crippen LogP contribution in [0.25, 0.3) is 21.5 Å². The van der Waals surface area contributed by atoms with Gasteiger partial charge in [0.2, 0.25) is 0 Å². The Morgan fingerprint density at radius 2 is 1.25 bits per heavy atom. The van der Waals surface area contributed by atoms with Gasteiger partial charge in [-0.1, -0.05) is 76.6 Å². The molecule has 0 aliphatic heterocycles. The third kappa shape index (κ3) is 6.30. The molecule has 32 heavy (non-hydrogen) atoms. The van der Waals surface area contributed by atoms with Crippen LogP contribution in [0.4, 0.5) is 0 Å². The van der Waals surface area contributed by atoms with Crippen molar-refractivity contribution in [3.8, 4) is 0 Å². The fourth-order valence-electron chi connectivity index (χ4n) is 4.54. The summed E-state index contributed by atoms with van der Waals surface area (Å²) in [7, 11) is -0.272. The molecule has 1 atom stereocenters. The fraction of sp³-hybridized carbons (Fsp3) is 0.367. The van der Waals surface area contributed by atoms with Crippen LogP contribution in [-0.4, -0.2) is 37.1 Å². The molecule has 164 valence electrons. The predicted molar refractivity (Wildman–Crippen MR) is 150 cm³/mol. The van der Waals surface area contributed by atoms with Crippen molar-refractivity contribution in [2.45, 2.75) is 72.4 Å². The molecule has 0 aromatic heterocycles. The summed E-state index contributed by atoms with van der Waals surface area (Å²) < 4.78 is 0. The number of hydrogen-bond acceptors (Lipinski definition) is 0. The van der Waals surface area contributed by atoms with E-state index in [1.165, 1.54) is 43.8 Å². The maximum absolute atomic E-state index is 2.53. The summed E-state index contributed by atoms with van der Waals surface area (Å²) in [6.07, 6.45) is 2.26. The molecule has 0 saturated heterocycles. The van der Waals surface area contributed by atoms with E-state index in [-0.39, 0.29) is 31.5 Å². The first-order chi connectivity index (χ1) is 14.8. The summed E-state index contributed by atoms with van der Waals surface area (Å²) in [5.74, 6) is 1.19. The first kappa shape index (κ1) is 26.8. The largest absolute Gasteiger partial charge is 2.00 e. The van der Waals surface area contributed by atoms with Gasteiger partial charge in [0.15, 0.2) is 0 Å². The van der Waals surface area contributed by atoms with E-state index in [1.54, 1.807) is 0 Å². The van der Waals surface area contributed by atoms with Crippen molar-refractivity contribution in [3.05, 3.63) is 82.9 Å². The third-order valence-electron chi connectivity index (χ3n) is 6.20. The van der Waals surface area contributed by atoms with Crippen molar-refractivity contribution in [1.29, 1.82) is 0 Å². The van der Waals surface area contributed by atoms with Gasteiger partial charge in [0, 0.05) is 0 Å². The van der Waals surface area contributed by atoms with E-state index in [1.807, 2.05) is 0 Å². The molecule has 0 spiro atoms. The molecule has 0 fully saturated rings. The first-order valence-electron chi connectivity index (χ1n) is 11.9. The quantitative estimate of drug-likeness (QED) is 0.212. The van der Waals surface area contributed by atoms with Crippen LogP contribution in [0.2, 0.25) is 13.1 Å². The molecule has 4 aromatic carbocycles. The molecule has 0 aliphatic rings. The van der Waals surface area contributed by atoms with Gasteiger partial charge >= 0.3 is 23.1 Å². The molecule has 0 heterocycles. The zero-order valence-electron chi connectivity index (χ0n) is 21.1. The van der Waals surface area contributed by atoms with Gasteiger partial charge in [-0.2, -0.15) is 12.1 Å². The molecule has 4 aromatic rings. The van der Waals surface area contributed by atoms with Crippen molar-refractivity contribution in [1.82, 2.24) is 0 Å². The Bertz CT molecular complexity index is 1170. The summed E-state index contributed by atoms with van der Waals surface area (Å²) >= 11 is 0. The van der Waals surface area contributed by atoms with E-state index < -0.39 is 0 Å². The summed E-state index contributed by atoms with van der Waals surface area (Å²) in [5, 5.41) is 5.70. The van der Waals surface area contributed by atoms with Crippen LogP contribution in [0.1, 0.15) is 68.7 Å². The van der Waals surface area contributed by atoms with Crippen LogP contribution in [-0.2, 0) is 12.8 Å². The van der Waals surface area contributed by atoms with Crippen molar-refractivity contribution >= 4 is 58.7 Å². The van der Waals surface area contributed by atoms with E-state index in [2.05, 4.69) is 114 Å². The van der Waals surface area contributed by atoms with Crippen molar-refractivity contribution < 1.29 is 0 Å². The van der Waals surface area contributed by atoms with Gasteiger partial charge in [-0.15, -0.1) is 69.1 Å². The summed E-state index contributed by atoms with van der Waals surface area (Å²) in [5.41, 5.74) is 8.40. The Morgan fingerprint density at radius 3 is 1.69 bits per heavy atom. The second kappa shape index (κ2) is 12.1. The van der Waals surface area contributed by atoms with Crippen molar-refractivity contribution in [2.75, 3.05) is 0 Å². The van der Waals surface area contributed by atoms with Gasteiger partial charge in [-0.25, -0.2) is 0 Å². The van der Waals surface area contributed by atoms with E-state index in [0.717, 1.165) is 12.8 Å². The molecule has 0 amide bonds. The zero-order valence-corrected chi connectivity index (χ0v) is 23.5. The van der Waals surface area contributed by atoms with Crippen LogP contribution in [0.15, 0.2) is 60.7 Å². The molecule has 1 unspecified atom stereocenters. The van der Waals surface area contributed by atoms with Gasteiger partial charge in [0.1, 0.15) is 0 Å². The van der Waals surface area contributed by atoms with Crippen molar-refractivity contribution in [2.24, 2.45) is 0 Å². The minimum absolute atomic E-state index is 0. The Labute approximate surface area is 213 Å². The molecule has 0 radical (unpaired) electrons. The number of fused-ring (bicyclic) bond motifs is 2. The Balaban J connectivity index is 0.000000224. The van der Waals surface area contributed by atoms with Crippen LogP contribution in [0.3, 0.4) is 0 Å². The molecular formula is C30H38MgSi. The SMILES string of the molecule is CCc1cc2c(C(C)C)cccc2[cH-]1.CCc1cc2c(C(C)C=[Si](C)C)cccc2[cH-]1.[Mg+2]. The van der Waals surface area contributed by atoms with Crippen LogP contribution in [0.5, 0.6) is 0 Å². The fourth-order valence-corrected chi connectivity index (χ4v) is 5.72. The second-order valence-corrected chi connectivity index (χ2v) is 11.8. The van der Waals surface area contributed by atoms with Crippen molar-refractivity contribution in [3.63, 3.8) is 0 Å². The number of hydrogen-bond donors (Lipinski definition) is 0. The van der Waals surface area contributed by atoms with Crippen LogP contribution in [0, 0.1) is 0 Å². The first-order valence-corrected chi connectivity index (χ1v) is 14.4. The van der Waals surface area contributed by atoms with E-state index in [0.29, 0.717) is 11.8 Å². The minimum Gasteiger partial charge on any atom is -0.165 e. The van der Waals surface area contributed by atoms with Gasteiger partial charge in [0.25, 0.3) is 0 Å². The predicted octanol–water partition coefficient (Wildman–Crippen LogP) is 8.23. The monoisotopic (exact) mass is 450 g/mol. The standard InChI is InChI=1S/C16H21Si.C14H17.Mg/c1-5-13-9-14-7-6-8-15(16(14)10-13)12(2)11-17(3)4;1-4-11-8-12-6-5-7-13(10(2)3)14(12)9-11;/h6-12H,5H2,1-4H3;5-10H,4H2,1-3H3;/q2*-1;+2. The molecule has 2 heteroatoms. The zero-order chi connectivity index (χ0) is 22.5. The topological polar surface area (TPSA) is 0 Å². The minimum atomic E-state index is -0.272. The molecule has 0 aliphatic carbocycles. The maximum Gasteiger partial charge on any atom is 2.00 e. The number of benzene rings is 2. The smallest absolute Gasteiger partial charge is 0.165 e. The summed E-state index contributed by atoms with van der Waals surface area (Å²) in [4.78, 5) is 0. The van der Waals surface area contributed by atoms with Gasteiger partial charge < -0.3 is 0 Å². The van der Waals surface area contributed by atoms with Crippen LogP contribution < -0.4 is 0 Å². The van der Waals surface area contributed by atoms with Crippen LogP contribution >= 0.6 is 0 Å². The van der Waals surface area contributed by atoms with E-state index in [4.69, 9.17) is 0 Å². The van der Waals surface area contributed by atoms with Gasteiger partial charge in [-0.3, -0.25) is 0 Å². The molecule has 0 nitrogen and oxygen atoms in total. The number of aryl methyl sites for hydroxylation is 2. The van der Waals surface area contributed by atoms with Gasteiger partial charge in [-0.05, 0) is 33.1 Å². The average Bonchev–Trinajstić information content (AvgIpc) is 3.36. The molecular weight excluding hydrogens is 413 g/mol.